The van der Waals surface area contributed by atoms with E-state index in [1.54, 1.807) is 6.07 Å². The van der Waals surface area contributed by atoms with Crippen molar-refractivity contribution in [2.45, 2.75) is 18.9 Å². The molecule has 1 saturated heterocycles. The number of piperazine rings is 1. The third-order valence-electron chi connectivity index (χ3n) is 4.07. The van der Waals surface area contributed by atoms with E-state index < -0.39 is 5.82 Å². The lowest BCUT2D eigenvalue weighted by molar-refractivity contribution is 0.156. The Morgan fingerprint density at radius 1 is 1.32 bits per heavy atom. The Bertz CT molecular complexity index is 499. The fraction of sp³-hybridized carbons (Fsp3) is 0.533. The van der Waals surface area contributed by atoms with Crippen LogP contribution in [0.25, 0.3) is 0 Å². The highest BCUT2D eigenvalue weighted by atomic mass is 19.1. The average Bonchev–Trinajstić information content (AvgIpc) is 3.27. The van der Waals surface area contributed by atoms with Gasteiger partial charge in [0.1, 0.15) is 11.9 Å². The van der Waals surface area contributed by atoms with E-state index in [0.717, 1.165) is 31.7 Å². The van der Waals surface area contributed by atoms with E-state index in [0.29, 0.717) is 12.0 Å². The van der Waals surface area contributed by atoms with Crippen LogP contribution < -0.4 is 5.32 Å². The van der Waals surface area contributed by atoms with Crippen LogP contribution >= 0.6 is 0 Å². The van der Waals surface area contributed by atoms with Crippen molar-refractivity contribution in [2.75, 3.05) is 26.2 Å². The summed E-state index contributed by atoms with van der Waals surface area (Å²) in [5.41, 5.74) is 1.26. The first-order valence-corrected chi connectivity index (χ1v) is 6.94. The fourth-order valence-electron chi connectivity index (χ4n) is 2.97. The zero-order valence-electron chi connectivity index (χ0n) is 10.9. The molecule has 0 amide bonds. The number of nitrogens with one attached hydrogen (secondary N) is 1. The molecular weight excluding hydrogens is 241 g/mol. The number of hydrogen-bond donors (Lipinski definition) is 1. The highest BCUT2D eigenvalue weighted by Crippen LogP contribution is 2.44. The number of nitrogens with zero attached hydrogens (tertiary/aromatic N) is 2. The molecule has 1 saturated carbocycles. The molecule has 3 nitrogen and oxygen atoms in total. The van der Waals surface area contributed by atoms with Crippen molar-refractivity contribution in [3.8, 4) is 6.07 Å². The van der Waals surface area contributed by atoms with Crippen LogP contribution in [0.4, 0.5) is 4.39 Å². The van der Waals surface area contributed by atoms with Crippen LogP contribution in [-0.2, 0) is 0 Å². The van der Waals surface area contributed by atoms with Gasteiger partial charge in [-0.25, -0.2) is 4.39 Å². The number of halogens is 1. The van der Waals surface area contributed by atoms with Crippen LogP contribution in [0.5, 0.6) is 0 Å². The molecule has 0 unspecified atom stereocenters. The van der Waals surface area contributed by atoms with Crippen molar-refractivity contribution in [3.05, 3.63) is 35.1 Å². The lowest BCUT2D eigenvalue weighted by atomic mass is 9.98. The first-order valence-electron chi connectivity index (χ1n) is 6.94. The molecule has 1 aromatic rings. The summed E-state index contributed by atoms with van der Waals surface area (Å²) in [5.74, 6) is 0.260. The standard InChI is InChI=1S/C15H18FN3/c16-14-4-3-12(9-13(14)10-17)15(11-1-2-11)19-7-5-18-6-8-19/h3-4,9,11,15,18H,1-2,5-8H2/t15-/m0/s1. The zero-order valence-corrected chi connectivity index (χ0v) is 10.9. The lowest BCUT2D eigenvalue weighted by Gasteiger charge is -2.35. The lowest BCUT2D eigenvalue weighted by Crippen LogP contribution is -2.45. The normalized spacial score (nSPS) is 21.9. The Morgan fingerprint density at radius 2 is 2.05 bits per heavy atom. The van der Waals surface area contributed by atoms with Gasteiger partial charge >= 0.3 is 0 Å². The maximum Gasteiger partial charge on any atom is 0.140 e. The van der Waals surface area contributed by atoms with Crippen LogP contribution in [0, 0.1) is 23.1 Å². The maximum absolute atomic E-state index is 13.4. The second kappa shape index (κ2) is 5.28. The molecule has 100 valence electrons. The third kappa shape index (κ3) is 2.63. The summed E-state index contributed by atoms with van der Waals surface area (Å²) >= 11 is 0. The van der Waals surface area contributed by atoms with E-state index in [1.807, 2.05) is 12.1 Å². The molecule has 2 fully saturated rings. The van der Waals surface area contributed by atoms with Crippen LogP contribution in [0.3, 0.4) is 0 Å². The molecule has 19 heavy (non-hydrogen) atoms. The molecule has 2 aliphatic rings. The van der Waals surface area contributed by atoms with Crippen molar-refractivity contribution in [1.29, 1.82) is 5.26 Å². The third-order valence-corrected chi connectivity index (χ3v) is 4.07. The number of rotatable bonds is 3. The van der Waals surface area contributed by atoms with Crippen LogP contribution in [0.15, 0.2) is 18.2 Å². The fourth-order valence-corrected chi connectivity index (χ4v) is 2.97. The second-order valence-electron chi connectivity index (χ2n) is 5.42. The highest BCUT2D eigenvalue weighted by Gasteiger charge is 2.36. The molecule has 1 aromatic carbocycles. The van der Waals surface area contributed by atoms with Crippen molar-refractivity contribution in [1.82, 2.24) is 10.2 Å². The van der Waals surface area contributed by atoms with Gasteiger partial charge in [0.15, 0.2) is 0 Å². The monoisotopic (exact) mass is 259 g/mol. The van der Waals surface area contributed by atoms with Gasteiger partial charge in [-0.05, 0) is 36.5 Å². The summed E-state index contributed by atoms with van der Waals surface area (Å²) in [7, 11) is 0. The van der Waals surface area contributed by atoms with Crippen molar-refractivity contribution in [3.63, 3.8) is 0 Å². The van der Waals surface area contributed by atoms with Crippen molar-refractivity contribution < 1.29 is 4.39 Å². The summed E-state index contributed by atoms with van der Waals surface area (Å²) in [4.78, 5) is 2.47. The summed E-state index contributed by atoms with van der Waals surface area (Å²) in [6.45, 7) is 4.08. The molecule has 0 bridgehead atoms. The first kappa shape index (κ1) is 12.6. The molecule has 1 heterocycles. The van der Waals surface area contributed by atoms with E-state index in [2.05, 4.69) is 10.2 Å². The topological polar surface area (TPSA) is 39.1 Å². The van der Waals surface area contributed by atoms with E-state index in [-0.39, 0.29) is 5.56 Å². The average molecular weight is 259 g/mol. The Kier molecular flexibility index (Phi) is 3.50. The minimum Gasteiger partial charge on any atom is -0.314 e. The van der Waals surface area contributed by atoms with Crippen LogP contribution in [0.2, 0.25) is 0 Å². The molecule has 4 heteroatoms. The van der Waals surface area contributed by atoms with Gasteiger partial charge in [-0.15, -0.1) is 0 Å². The molecule has 1 atom stereocenters. The predicted octanol–water partition coefficient (Wildman–Crippen LogP) is 2.05. The quantitative estimate of drug-likeness (QED) is 0.903. The van der Waals surface area contributed by atoms with Gasteiger partial charge < -0.3 is 5.32 Å². The number of benzene rings is 1. The van der Waals surface area contributed by atoms with Gasteiger partial charge in [0.05, 0.1) is 5.56 Å². The van der Waals surface area contributed by atoms with Gasteiger partial charge in [-0.1, -0.05) is 6.07 Å². The summed E-state index contributed by atoms with van der Waals surface area (Å²) in [6.07, 6.45) is 2.49. The van der Waals surface area contributed by atoms with E-state index in [1.165, 1.54) is 18.9 Å². The molecule has 0 aromatic heterocycles. The predicted molar refractivity (Wildman–Crippen MR) is 71.0 cm³/mol. The van der Waals surface area contributed by atoms with Gasteiger partial charge in [-0.2, -0.15) is 5.26 Å². The van der Waals surface area contributed by atoms with Crippen molar-refractivity contribution >= 4 is 0 Å². The minimum atomic E-state index is -0.416. The second-order valence-corrected chi connectivity index (χ2v) is 5.42. The minimum absolute atomic E-state index is 0.165. The largest absolute Gasteiger partial charge is 0.314 e. The molecule has 1 N–H and O–H groups in total. The summed E-state index contributed by atoms with van der Waals surface area (Å²) in [6, 6.07) is 7.32. The zero-order chi connectivity index (χ0) is 13.2. The van der Waals surface area contributed by atoms with Gasteiger partial charge in [-0.3, -0.25) is 4.90 Å². The summed E-state index contributed by atoms with van der Waals surface area (Å²) < 4.78 is 13.4. The van der Waals surface area contributed by atoms with E-state index in [9.17, 15) is 4.39 Å². The SMILES string of the molecule is N#Cc1cc([C@H](C2CC2)N2CCNCC2)ccc1F. The molecule has 3 rings (SSSR count). The Morgan fingerprint density at radius 3 is 2.68 bits per heavy atom. The first-order chi connectivity index (χ1) is 9.29. The van der Waals surface area contributed by atoms with Crippen LogP contribution in [0.1, 0.15) is 30.0 Å². The molecule has 0 radical (unpaired) electrons. The van der Waals surface area contributed by atoms with Crippen molar-refractivity contribution in [2.24, 2.45) is 5.92 Å². The summed E-state index contributed by atoms with van der Waals surface area (Å²) in [5, 5.41) is 12.3. The highest BCUT2D eigenvalue weighted by molar-refractivity contribution is 5.36. The molecule has 1 aliphatic heterocycles. The van der Waals surface area contributed by atoms with E-state index >= 15 is 0 Å². The Labute approximate surface area is 113 Å². The smallest absolute Gasteiger partial charge is 0.140 e. The Balaban J connectivity index is 1.89. The van der Waals surface area contributed by atoms with Gasteiger partial charge in [0, 0.05) is 32.2 Å². The van der Waals surface area contributed by atoms with Crippen LogP contribution in [-0.4, -0.2) is 31.1 Å². The Hall–Kier alpha value is -1.44. The number of nitriles is 1. The van der Waals surface area contributed by atoms with Gasteiger partial charge in [0.25, 0.3) is 0 Å². The molecule has 0 spiro atoms. The molecule has 1 aliphatic carbocycles. The number of hydrogen-bond acceptors (Lipinski definition) is 3. The molecular formula is C15H18FN3. The van der Waals surface area contributed by atoms with Gasteiger partial charge in [0.2, 0.25) is 0 Å². The van der Waals surface area contributed by atoms with E-state index in [4.69, 9.17) is 5.26 Å². The maximum atomic E-state index is 13.4.